The number of nitrogen functional groups attached to an aromatic ring is 1. The van der Waals surface area contributed by atoms with E-state index in [-0.39, 0.29) is 5.84 Å². The minimum atomic E-state index is 0.119. The molecule has 0 saturated carbocycles. The Labute approximate surface area is 91.2 Å². The van der Waals surface area contributed by atoms with Crippen LogP contribution in [0.15, 0.2) is 24.3 Å². The number of para-hydroxylation sites is 1. The molecule has 0 bridgehead atoms. The van der Waals surface area contributed by atoms with Gasteiger partial charge in [0.05, 0.1) is 0 Å². The molecule has 0 atom stereocenters. The van der Waals surface area contributed by atoms with E-state index >= 15 is 0 Å². The summed E-state index contributed by atoms with van der Waals surface area (Å²) >= 11 is 0. The minimum Gasteiger partial charge on any atom is -0.384 e. The standard InChI is InChI=1S/C12H19N3/c1-2-3-6-9-15-11-8-5-4-7-10(11)12(13)14/h4-5,7-8,15H,2-3,6,9H2,1H3,(H3,13,14). The average Bonchev–Trinajstić information content (AvgIpc) is 2.25. The lowest BCUT2D eigenvalue weighted by Crippen LogP contribution is -2.14. The van der Waals surface area contributed by atoms with E-state index in [4.69, 9.17) is 11.1 Å². The molecule has 15 heavy (non-hydrogen) atoms. The van der Waals surface area contributed by atoms with Crippen LogP contribution in [-0.2, 0) is 0 Å². The molecule has 0 fully saturated rings. The molecule has 1 aromatic rings. The van der Waals surface area contributed by atoms with Gasteiger partial charge in [0.25, 0.3) is 0 Å². The Bertz CT molecular complexity index is 320. The number of amidine groups is 1. The van der Waals surface area contributed by atoms with Crippen molar-refractivity contribution in [3.63, 3.8) is 0 Å². The van der Waals surface area contributed by atoms with Crippen molar-refractivity contribution in [1.82, 2.24) is 0 Å². The van der Waals surface area contributed by atoms with Crippen molar-refractivity contribution in [1.29, 1.82) is 5.41 Å². The molecule has 0 aromatic heterocycles. The maximum Gasteiger partial charge on any atom is 0.124 e. The van der Waals surface area contributed by atoms with Crippen molar-refractivity contribution >= 4 is 11.5 Å². The number of rotatable bonds is 6. The minimum absolute atomic E-state index is 0.119. The topological polar surface area (TPSA) is 61.9 Å². The van der Waals surface area contributed by atoms with E-state index < -0.39 is 0 Å². The van der Waals surface area contributed by atoms with Gasteiger partial charge in [-0.2, -0.15) is 0 Å². The van der Waals surface area contributed by atoms with Gasteiger partial charge in [-0.25, -0.2) is 0 Å². The van der Waals surface area contributed by atoms with Crippen molar-refractivity contribution in [2.45, 2.75) is 26.2 Å². The maximum absolute atomic E-state index is 7.43. The summed E-state index contributed by atoms with van der Waals surface area (Å²) in [6.07, 6.45) is 3.61. The summed E-state index contributed by atoms with van der Waals surface area (Å²) in [5.41, 5.74) is 7.23. The Hall–Kier alpha value is -1.51. The largest absolute Gasteiger partial charge is 0.384 e. The molecule has 1 aromatic carbocycles. The monoisotopic (exact) mass is 205 g/mol. The van der Waals surface area contributed by atoms with Gasteiger partial charge in [0.2, 0.25) is 0 Å². The third-order valence-corrected chi connectivity index (χ3v) is 2.31. The number of unbranched alkanes of at least 4 members (excludes halogenated alkanes) is 2. The normalized spacial score (nSPS) is 9.93. The molecular formula is C12H19N3. The van der Waals surface area contributed by atoms with Crippen LogP contribution in [0.2, 0.25) is 0 Å². The Morgan fingerprint density at radius 1 is 1.33 bits per heavy atom. The van der Waals surface area contributed by atoms with Gasteiger partial charge in [0.1, 0.15) is 5.84 Å². The number of anilines is 1. The Kier molecular flexibility index (Phi) is 4.68. The SMILES string of the molecule is CCCCCNc1ccccc1C(=N)N. The van der Waals surface area contributed by atoms with Crippen molar-refractivity contribution in [2.75, 3.05) is 11.9 Å². The first kappa shape index (κ1) is 11.6. The van der Waals surface area contributed by atoms with Gasteiger partial charge in [-0.15, -0.1) is 0 Å². The summed E-state index contributed by atoms with van der Waals surface area (Å²) < 4.78 is 0. The van der Waals surface area contributed by atoms with Crippen LogP contribution in [-0.4, -0.2) is 12.4 Å². The second-order valence-corrected chi connectivity index (χ2v) is 3.59. The molecule has 4 N–H and O–H groups in total. The molecule has 0 unspecified atom stereocenters. The third kappa shape index (κ3) is 3.62. The van der Waals surface area contributed by atoms with Gasteiger partial charge in [-0.05, 0) is 18.6 Å². The number of benzene rings is 1. The summed E-state index contributed by atoms with van der Waals surface area (Å²) in [5.74, 6) is 0.119. The number of nitrogens with two attached hydrogens (primary N) is 1. The van der Waals surface area contributed by atoms with Crippen LogP contribution in [0, 0.1) is 5.41 Å². The molecule has 82 valence electrons. The van der Waals surface area contributed by atoms with E-state index in [0.717, 1.165) is 24.2 Å². The highest BCUT2D eigenvalue weighted by Gasteiger charge is 2.02. The molecule has 0 saturated heterocycles. The van der Waals surface area contributed by atoms with Crippen LogP contribution >= 0.6 is 0 Å². The predicted octanol–water partition coefficient (Wildman–Crippen LogP) is 2.57. The van der Waals surface area contributed by atoms with E-state index in [1.165, 1.54) is 12.8 Å². The molecule has 3 nitrogen and oxygen atoms in total. The van der Waals surface area contributed by atoms with Crippen molar-refractivity contribution < 1.29 is 0 Å². The highest BCUT2D eigenvalue weighted by molar-refractivity contribution is 6.00. The third-order valence-electron chi connectivity index (χ3n) is 2.31. The van der Waals surface area contributed by atoms with Crippen LogP contribution in [0.3, 0.4) is 0 Å². The fourth-order valence-electron chi connectivity index (χ4n) is 1.47. The zero-order valence-corrected chi connectivity index (χ0v) is 9.22. The lowest BCUT2D eigenvalue weighted by Gasteiger charge is -2.10. The van der Waals surface area contributed by atoms with E-state index in [2.05, 4.69) is 12.2 Å². The molecule has 0 aliphatic rings. The van der Waals surface area contributed by atoms with Crippen molar-refractivity contribution in [3.8, 4) is 0 Å². The summed E-state index contributed by atoms with van der Waals surface area (Å²) in [4.78, 5) is 0. The van der Waals surface area contributed by atoms with E-state index in [9.17, 15) is 0 Å². The van der Waals surface area contributed by atoms with Crippen LogP contribution in [0.4, 0.5) is 5.69 Å². The summed E-state index contributed by atoms with van der Waals surface area (Å²) in [6.45, 7) is 3.13. The van der Waals surface area contributed by atoms with Gasteiger partial charge in [0.15, 0.2) is 0 Å². The highest BCUT2D eigenvalue weighted by atomic mass is 14.9. The van der Waals surface area contributed by atoms with Gasteiger partial charge in [0, 0.05) is 17.8 Å². The van der Waals surface area contributed by atoms with Gasteiger partial charge >= 0.3 is 0 Å². The Balaban J connectivity index is 2.56. The van der Waals surface area contributed by atoms with Crippen LogP contribution < -0.4 is 11.1 Å². The van der Waals surface area contributed by atoms with Crippen LogP contribution in [0.25, 0.3) is 0 Å². The number of hydrogen-bond acceptors (Lipinski definition) is 2. The second kappa shape index (κ2) is 6.06. The first-order chi connectivity index (χ1) is 7.25. The fourth-order valence-corrected chi connectivity index (χ4v) is 1.47. The maximum atomic E-state index is 7.43. The van der Waals surface area contributed by atoms with E-state index in [0.29, 0.717) is 0 Å². The van der Waals surface area contributed by atoms with E-state index in [1.54, 1.807) is 0 Å². The molecule has 0 amide bonds. The van der Waals surface area contributed by atoms with Crippen LogP contribution in [0.5, 0.6) is 0 Å². The van der Waals surface area contributed by atoms with Crippen molar-refractivity contribution in [2.24, 2.45) is 5.73 Å². The van der Waals surface area contributed by atoms with E-state index in [1.807, 2.05) is 24.3 Å². The fraction of sp³-hybridized carbons (Fsp3) is 0.417. The lowest BCUT2D eigenvalue weighted by molar-refractivity contribution is 0.744. The molecule has 0 aliphatic carbocycles. The smallest absolute Gasteiger partial charge is 0.124 e. The highest BCUT2D eigenvalue weighted by Crippen LogP contribution is 2.14. The number of nitrogens with one attached hydrogen (secondary N) is 2. The van der Waals surface area contributed by atoms with Gasteiger partial charge in [-0.3, -0.25) is 5.41 Å². The lowest BCUT2D eigenvalue weighted by atomic mass is 10.1. The van der Waals surface area contributed by atoms with Gasteiger partial charge < -0.3 is 11.1 Å². The second-order valence-electron chi connectivity index (χ2n) is 3.59. The van der Waals surface area contributed by atoms with Crippen molar-refractivity contribution in [3.05, 3.63) is 29.8 Å². The molecule has 3 heteroatoms. The molecule has 1 rings (SSSR count). The molecule has 0 radical (unpaired) electrons. The Morgan fingerprint density at radius 3 is 2.73 bits per heavy atom. The molecule has 0 aliphatic heterocycles. The first-order valence-corrected chi connectivity index (χ1v) is 5.43. The molecular weight excluding hydrogens is 186 g/mol. The van der Waals surface area contributed by atoms with Gasteiger partial charge in [-0.1, -0.05) is 31.9 Å². The molecule has 0 heterocycles. The summed E-state index contributed by atoms with van der Waals surface area (Å²) in [7, 11) is 0. The summed E-state index contributed by atoms with van der Waals surface area (Å²) in [5, 5.41) is 10.7. The zero-order chi connectivity index (χ0) is 11.1. The first-order valence-electron chi connectivity index (χ1n) is 5.43. The zero-order valence-electron chi connectivity index (χ0n) is 9.22. The Morgan fingerprint density at radius 2 is 2.07 bits per heavy atom. The molecule has 0 spiro atoms. The summed E-state index contributed by atoms with van der Waals surface area (Å²) in [6, 6.07) is 7.68. The van der Waals surface area contributed by atoms with Crippen LogP contribution in [0.1, 0.15) is 31.7 Å². The number of hydrogen-bond donors (Lipinski definition) is 3. The predicted molar refractivity (Wildman–Crippen MR) is 65.5 cm³/mol. The average molecular weight is 205 g/mol. The quantitative estimate of drug-likeness (QED) is 0.380.